The highest BCUT2D eigenvalue weighted by Gasteiger charge is 2.48. The molecule has 2 aliphatic carbocycles. The van der Waals surface area contributed by atoms with Gasteiger partial charge < -0.3 is 20.4 Å². The van der Waals surface area contributed by atoms with E-state index in [1.54, 1.807) is 24.5 Å². The molecule has 7 heteroatoms. The van der Waals surface area contributed by atoms with E-state index in [0.29, 0.717) is 30.1 Å². The van der Waals surface area contributed by atoms with Gasteiger partial charge in [0.05, 0.1) is 0 Å². The smallest absolute Gasteiger partial charge is 0.328 e. The van der Waals surface area contributed by atoms with Gasteiger partial charge in [0, 0.05) is 41.4 Å². The number of carboxylic acid groups (broad SMARTS) is 1. The number of aryl methyl sites for hydroxylation is 1. The van der Waals surface area contributed by atoms with Crippen molar-refractivity contribution in [1.82, 2.24) is 9.97 Å². The number of hydrogen-bond acceptors (Lipinski definition) is 6. The van der Waals surface area contributed by atoms with E-state index in [-0.39, 0.29) is 17.6 Å². The third-order valence-electron chi connectivity index (χ3n) is 6.79. The molecule has 2 fully saturated rings. The Morgan fingerprint density at radius 3 is 2.68 bits per heavy atom. The molecule has 2 saturated carbocycles. The van der Waals surface area contributed by atoms with Crippen LogP contribution in [0, 0.1) is 17.8 Å². The van der Waals surface area contributed by atoms with Crippen molar-refractivity contribution in [3.8, 4) is 17.1 Å². The van der Waals surface area contributed by atoms with Gasteiger partial charge >= 0.3 is 5.97 Å². The number of aliphatic hydroxyl groups is 2. The van der Waals surface area contributed by atoms with Gasteiger partial charge in [0.1, 0.15) is 5.75 Å². The number of aliphatic carboxylic acids is 1. The van der Waals surface area contributed by atoms with Crippen molar-refractivity contribution in [1.29, 1.82) is 0 Å². The Kier molecular flexibility index (Phi) is 6.07. The minimum Gasteiger partial charge on any atom is -0.508 e. The lowest BCUT2D eigenvalue weighted by atomic mass is 9.63. The highest BCUT2D eigenvalue weighted by Crippen LogP contribution is 2.48. The number of phenols is 1. The van der Waals surface area contributed by atoms with E-state index in [2.05, 4.69) is 9.97 Å². The molecule has 3 atom stereocenters. The first-order valence-corrected chi connectivity index (χ1v) is 10.8. The summed E-state index contributed by atoms with van der Waals surface area (Å²) in [6, 6.07) is 5.17. The normalized spacial score (nSPS) is 24.9. The molecule has 0 aliphatic heterocycles. The number of carbonyl (C=O) groups is 1. The van der Waals surface area contributed by atoms with E-state index in [4.69, 9.17) is 5.11 Å². The molecule has 31 heavy (non-hydrogen) atoms. The van der Waals surface area contributed by atoms with Crippen molar-refractivity contribution < 1.29 is 25.2 Å². The van der Waals surface area contributed by atoms with Crippen molar-refractivity contribution in [2.24, 2.45) is 17.8 Å². The van der Waals surface area contributed by atoms with Crippen molar-refractivity contribution in [2.45, 2.75) is 50.7 Å². The van der Waals surface area contributed by atoms with Crippen LogP contribution in [0.1, 0.15) is 49.7 Å². The largest absolute Gasteiger partial charge is 0.508 e. The van der Waals surface area contributed by atoms with Crippen molar-refractivity contribution in [3.05, 3.63) is 47.8 Å². The monoisotopic (exact) mass is 424 g/mol. The summed E-state index contributed by atoms with van der Waals surface area (Å²) in [5.41, 5.74) is 2.04. The number of rotatable bonds is 6. The van der Waals surface area contributed by atoms with Crippen molar-refractivity contribution in [2.75, 3.05) is 0 Å². The average molecular weight is 424 g/mol. The molecule has 0 saturated heterocycles. The molecule has 3 unspecified atom stereocenters. The number of carboxylic acids is 1. The molecule has 1 aromatic heterocycles. The lowest BCUT2D eigenvalue weighted by molar-refractivity contribution is -0.266. The summed E-state index contributed by atoms with van der Waals surface area (Å²) in [5, 5.41) is 40.6. The lowest BCUT2D eigenvalue weighted by Gasteiger charge is -2.48. The van der Waals surface area contributed by atoms with E-state index in [0.717, 1.165) is 42.9 Å². The molecule has 4 N–H and O–H groups in total. The SMILES string of the molecule is O=C(O)C=Cc1cnc(-c2ccc(O)c(CCC3CC4CCCC(C4)C3(O)O)c2)nc1. The van der Waals surface area contributed by atoms with Crippen LogP contribution in [0.25, 0.3) is 17.5 Å². The van der Waals surface area contributed by atoms with Gasteiger partial charge in [0.15, 0.2) is 11.6 Å². The fourth-order valence-electron chi connectivity index (χ4n) is 5.13. The van der Waals surface area contributed by atoms with E-state index >= 15 is 0 Å². The van der Waals surface area contributed by atoms with Crippen molar-refractivity contribution >= 4 is 12.0 Å². The zero-order chi connectivity index (χ0) is 22.0. The van der Waals surface area contributed by atoms with Gasteiger partial charge in [0.2, 0.25) is 0 Å². The lowest BCUT2D eigenvalue weighted by Crippen LogP contribution is -2.51. The standard InChI is InChI=1S/C24H28N2O5/c27-21-8-6-18(23-25-13-16(14-26-23)4-9-22(28)29)12-17(21)5-7-20-11-15-2-1-3-19(10-15)24(20,30)31/h4,6,8-9,12-15,19-20,27,30-31H,1-3,5,7,10-11H2,(H,28,29). The van der Waals surface area contributed by atoms with Gasteiger partial charge in [-0.05, 0) is 67.9 Å². The number of aromatic nitrogens is 2. The second kappa shape index (κ2) is 8.77. The number of fused-ring (bicyclic) bond motifs is 2. The number of nitrogens with zero attached hydrogens (tertiary/aromatic N) is 2. The zero-order valence-electron chi connectivity index (χ0n) is 17.3. The Bertz CT molecular complexity index is 970. The number of hydrogen-bond donors (Lipinski definition) is 4. The van der Waals surface area contributed by atoms with Gasteiger partial charge in [-0.2, -0.15) is 0 Å². The van der Waals surface area contributed by atoms with Crippen molar-refractivity contribution in [3.63, 3.8) is 0 Å². The van der Waals surface area contributed by atoms with E-state index < -0.39 is 11.8 Å². The third kappa shape index (κ3) is 4.78. The van der Waals surface area contributed by atoms with E-state index in [1.165, 1.54) is 12.5 Å². The van der Waals surface area contributed by atoms with Gasteiger partial charge in [-0.25, -0.2) is 14.8 Å². The van der Waals surface area contributed by atoms with Crippen LogP contribution in [0.4, 0.5) is 0 Å². The minimum atomic E-state index is -1.63. The molecule has 7 nitrogen and oxygen atoms in total. The second-order valence-corrected chi connectivity index (χ2v) is 8.84. The molecule has 2 aromatic rings. The quantitative estimate of drug-likeness (QED) is 0.414. The topological polar surface area (TPSA) is 124 Å². The van der Waals surface area contributed by atoms with Crippen LogP contribution >= 0.6 is 0 Å². The summed E-state index contributed by atoms with van der Waals surface area (Å²) in [6.07, 6.45) is 11.5. The molecule has 0 amide bonds. The fourth-order valence-corrected chi connectivity index (χ4v) is 5.13. The molecule has 4 rings (SSSR count). The molecule has 2 bridgehead atoms. The molecule has 164 valence electrons. The maximum Gasteiger partial charge on any atom is 0.328 e. The summed E-state index contributed by atoms with van der Waals surface area (Å²) in [5.74, 6) is -1.71. The van der Waals surface area contributed by atoms with Gasteiger partial charge in [0.25, 0.3) is 0 Å². The number of phenolic OH excluding ortho intramolecular Hbond substituents is 1. The van der Waals surface area contributed by atoms with Gasteiger partial charge in [-0.1, -0.05) is 12.8 Å². The molecule has 0 radical (unpaired) electrons. The Morgan fingerprint density at radius 2 is 1.94 bits per heavy atom. The predicted molar refractivity (Wildman–Crippen MR) is 115 cm³/mol. The minimum absolute atomic E-state index is 0.0491. The van der Waals surface area contributed by atoms with Crippen LogP contribution in [-0.2, 0) is 11.2 Å². The van der Waals surface area contributed by atoms with Crippen LogP contribution in [0.2, 0.25) is 0 Å². The highest BCUT2D eigenvalue weighted by molar-refractivity contribution is 5.85. The summed E-state index contributed by atoms with van der Waals surface area (Å²) >= 11 is 0. The Labute approximate surface area is 181 Å². The number of benzene rings is 1. The van der Waals surface area contributed by atoms with Crippen LogP contribution in [0.5, 0.6) is 5.75 Å². The predicted octanol–water partition coefficient (Wildman–Crippen LogP) is 3.39. The third-order valence-corrected chi connectivity index (χ3v) is 6.79. The summed E-state index contributed by atoms with van der Waals surface area (Å²) in [4.78, 5) is 19.2. The summed E-state index contributed by atoms with van der Waals surface area (Å²) in [6.45, 7) is 0. The molecule has 1 heterocycles. The van der Waals surface area contributed by atoms with Crippen LogP contribution in [0.3, 0.4) is 0 Å². The average Bonchev–Trinajstić information content (AvgIpc) is 2.76. The molecule has 2 aliphatic rings. The Hall–Kier alpha value is -2.77. The maximum absolute atomic E-state index is 10.8. The molecule has 1 aromatic carbocycles. The first-order chi connectivity index (χ1) is 14.8. The van der Waals surface area contributed by atoms with Crippen LogP contribution < -0.4 is 0 Å². The molecule has 0 spiro atoms. The first kappa shape index (κ1) is 21.5. The molecular formula is C24H28N2O5. The first-order valence-electron chi connectivity index (χ1n) is 10.8. The molecular weight excluding hydrogens is 396 g/mol. The van der Waals surface area contributed by atoms with Gasteiger partial charge in [-0.3, -0.25) is 0 Å². The second-order valence-electron chi connectivity index (χ2n) is 8.84. The number of aromatic hydroxyl groups is 1. The van der Waals surface area contributed by atoms with E-state index in [1.807, 2.05) is 6.07 Å². The zero-order valence-corrected chi connectivity index (χ0v) is 17.3. The fraction of sp³-hybridized carbons (Fsp3) is 0.458. The summed E-state index contributed by atoms with van der Waals surface area (Å²) < 4.78 is 0. The summed E-state index contributed by atoms with van der Waals surface area (Å²) in [7, 11) is 0. The van der Waals surface area contributed by atoms with Crippen LogP contribution in [0.15, 0.2) is 36.7 Å². The van der Waals surface area contributed by atoms with Gasteiger partial charge in [-0.15, -0.1) is 0 Å². The maximum atomic E-state index is 10.8. The van der Waals surface area contributed by atoms with Crippen LogP contribution in [-0.4, -0.2) is 42.2 Å². The highest BCUT2D eigenvalue weighted by atomic mass is 16.5. The Morgan fingerprint density at radius 1 is 1.16 bits per heavy atom. The van der Waals surface area contributed by atoms with E-state index in [9.17, 15) is 20.1 Å². The Balaban J connectivity index is 1.47.